The van der Waals surface area contributed by atoms with E-state index in [9.17, 15) is 19.8 Å². The van der Waals surface area contributed by atoms with Crippen molar-refractivity contribution in [1.82, 2.24) is 0 Å². The number of ether oxygens (including phenoxy) is 2. The first-order chi connectivity index (χ1) is 14.1. The van der Waals surface area contributed by atoms with Crippen LogP contribution in [0.4, 0.5) is 0 Å². The van der Waals surface area contributed by atoms with Gasteiger partial charge in [0.1, 0.15) is 12.7 Å². The first kappa shape index (κ1) is 24.6. The fourth-order valence-corrected chi connectivity index (χ4v) is 5.78. The SMILES string of the molecule is CC(=O)OCC1=CCC[C@H]2[C@@](C)(CC/C(=C\CO)CO)[C@@H](C)C[C@@H](OC(C)=O)[C@]12C. The van der Waals surface area contributed by atoms with Crippen LogP contribution >= 0.6 is 0 Å². The van der Waals surface area contributed by atoms with Crippen molar-refractivity contribution in [3.63, 3.8) is 0 Å². The van der Waals surface area contributed by atoms with Gasteiger partial charge in [0.05, 0.1) is 13.2 Å². The van der Waals surface area contributed by atoms with E-state index in [1.165, 1.54) is 13.8 Å². The summed E-state index contributed by atoms with van der Waals surface area (Å²) >= 11 is 0. The maximum absolute atomic E-state index is 11.9. The van der Waals surface area contributed by atoms with Crippen LogP contribution < -0.4 is 0 Å². The summed E-state index contributed by atoms with van der Waals surface area (Å²) in [5, 5.41) is 18.9. The fraction of sp³-hybridized carbons (Fsp3) is 0.750. The van der Waals surface area contributed by atoms with Gasteiger partial charge < -0.3 is 19.7 Å². The first-order valence-electron chi connectivity index (χ1n) is 11.0. The van der Waals surface area contributed by atoms with Crippen LogP contribution in [-0.4, -0.2) is 48.1 Å². The van der Waals surface area contributed by atoms with Gasteiger partial charge in [-0.2, -0.15) is 0 Å². The number of rotatable bonds is 8. The van der Waals surface area contributed by atoms with Gasteiger partial charge >= 0.3 is 11.9 Å². The molecule has 0 amide bonds. The number of aliphatic hydroxyl groups excluding tert-OH is 2. The third-order valence-electron chi connectivity index (χ3n) is 7.73. The van der Waals surface area contributed by atoms with E-state index in [1.54, 1.807) is 6.08 Å². The Morgan fingerprint density at radius 3 is 2.50 bits per heavy atom. The van der Waals surface area contributed by atoms with E-state index < -0.39 is 5.41 Å². The van der Waals surface area contributed by atoms with E-state index in [1.807, 2.05) is 0 Å². The van der Waals surface area contributed by atoms with Crippen molar-refractivity contribution in [2.75, 3.05) is 19.8 Å². The fourth-order valence-electron chi connectivity index (χ4n) is 5.78. The van der Waals surface area contributed by atoms with E-state index in [0.717, 1.165) is 36.8 Å². The second-order valence-electron chi connectivity index (χ2n) is 9.37. The van der Waals surface area contributed by atoms with E-state index in [2.05, 4.69) is 26.8 Å². The number of carbonyl (C=O) groups excluding carboxylic acids is 2. The van der Waals surface area contributed by atoms with E-state index in [-0.39, 0.29) is 49.2 Å². The molecule has 5 atom stereocenters. The standard InChI is InChI=1S/C24H38O6/c1-16-13-22(30-18(3)28)24(5)20(15-29-17(2)27)7-6-8-21(24)23(16,4)11-9-19(14-26)10-12-25/h7,10,16,21-22,25-26H,6,8-9,11-15H2,1-5H3/b19-10+/t16-,21-,22+,23-,24+/m0/s1. The van der Waals surface area contributed by atoms with Gasteiger partial charge in [0, 0.05) is 19.3 Å². The van der Waals surface area contributed by atoms with Crippen LogP contribution in [0.1, 0.15) is 66.7 Å². The lowest BCUT2D eigenvalue weighted by molar-refractivity contribution is -0.176. The van der Waals surface area contributed by atoms with Gasteiger partial charge in [-0.1, -0.05) is 32.9 Å². The van der Waals surface area contributed by atoms with Crippen LogP contribution in [0.3, 0.4) is 0 Å². The Hall–Kier alpha value is -1.66. The summed E-state index contributed by atoms with van der Waals surface area (Å²) in [7, 11) is 0. The van der Waals surface area contributed by atoms with Gasteiger partial charge in [0.25, 0.3) is 0 Å². The Balaban J connectivity index is 2.41. The Morgan fingerprint density at radius 1 is 1.23 bits per heavy atom. The molecule has 2 N–H and O–H groups in total. The molecule has 0 radical (unpaired) electrons. The van der Waals surface area contributed by atoms with Crippen molar-refractivity contribution < 1.29 is 29.3 Å². The molecule has 0 unspecified atom stereocenters. The van der Waals surface area contributed by atoms with Crippen molar-refractivity contribution in [2.24, 2.45) is 22.7 Å². The molecule has 0 bridgehead atoms. The molecular weight excluding hydrogens is 384 g/mol. The van der Waals surface area contributed by atoms with Crippen LogP contribution in [0.2, 0.25) is 0 Å². The molecule has 1 saturated carbocycles. The topological polar surface area (TPSA) is 93.1 Å². The lowest BCUT2D eigenvalue weighted by atomic mass is 9.45. The zero-order chi connectivity index (χ0) is 22.5. The number of fused-ring (bicyclic) bond motifs is 1. The van der Waals surface area contributed by atoms with Gasteiger partial charge in [-0.3, -0.25) is 9.59 Å². The average molecular weight is 423 g/mol. The first-order valence-corrected chi connectivity index (χ1v) is 11.0. The van der Waals surface area contributed by atoms with Gasteiger partial charge in [0.15, 0.2) is 0 Å². The second-order valence-corrected chi connectivity index (χ2v) is 9.37. The molecule has 0 aromatic heterocycles. The smallest absolute Gasteiger partial charge is 0.302 e. The summed E-state index contributed by atoms with van der Waals surface area (Å²) in [6, 6.07) is 0. The third kappa shape index (κ3) is 4.97. The van der Waals surface area contributed by atoms with Crippen LogP contribution in [0.25, 0.3) is 0 Å². The summed E-state index contributed by atoms with van der Waals surface area (Å²) in [5.74, 6) is -0.0641. The molecule has 0 aromatic rings. The number of esters is 2. The summed E-state index contributed by atoms with van der Waals surface area (Å²) < 4.78 is 11.2. The maximum Gasteiger partial charge on any atom is 0.302 e. The minimum Gasteiger partial charge on any atom is -0.462 e. The molecule has 2 aliphatic carbocycles. The predicted molar refractivity (Wildman–Crippen MR) is 114 cm³/mol. The van der Waals surface area contributed by atoms with Crippen molar-refractivity contribution in [3.8, 4) is 0 Å². The Morgan fingerprint density at radius 2 is 1.93 bits per heavy atom. The van der Waals surface area contributed by atoms with Crippen molar-refractivity contribution in [1.29, 1.82) is 0 Å². The van der Waals surface area contributed by atoms with Crippen LogP contribution in [0.5, 0.6) is 0 Å². The minimum atomic E-state index is -0.416. The Kier molecular flexibility index (Phi) is 8.28. The molecule has 0 spiro atoms. The highest BCUT2D eigenvalue weighted by molar-refractivity contribution is 5.67. The zero-order valence-electron chi connectivity index (χ0n) is 19.1. The summed E-state index contributed by atoms with van der Waals surface area (Å²) in [5.41, 5.74) is 1.42. The van der Waals surface area contributed by atoms with Gasteiger partial charge in [-0.25, -0.2) is 0 Å². The molecule has 170 valence electrons. The van der Waals surface area contributed by atoms with Crippen LogP contribution in [0.15, 0.2) is 23.3 Å². The minimum absolute atomic E-state index is 0.0507. The molecule has 1 fully saturated rings. The summed E-state index contributed by atoms with van der Waals surface area (Å²) in [4.78, 5) is 23.4. The van der Waals surface area contributed by atoms with Gasteiger partial charge in [-0.05, 0) is 60.5 Å². The molecule has 0 aromatic carbocycles. The molecule has 0 aliphatic heterocycles. The number of carbonyl (C=O) groups is 2. The monoisotopic (exact) mass is 422 g/mol. The van der Waals surface area contributed by atoms with Crippen LogP contribution in [-0.2, 0) is 19.1 Å². The average Bonchev–Trinajstić information content (AvgIpc) is 2.68. The van der Waals surface area contributed by atoms with E-state index in [4.69, 9.17) is 9.47 Å². The number of hydrogen-bond donors (Lipinski definition) is 2. The normalized spacial score (nSPS) is 34.0. The van der Waals surface area contributed by atoms with E-state index >= 15 is 0 Å². The highest BCUT2D eigenvalue weighted by atomic mass is 16.5. The quantitative estimate of drug-likeness (QED) is 0.459. The molecule has 0 heterocycles. The molecule has 0 saturated heterocycles. The Bertz CT molecular complexity index is 696. The molecular formula is C24H38O6. The second kappa shape index (κ2) is 10.1. The van der Waals surface area contributed by atoms with Gasteiger partial charge in [-0.15, -0.1) is 0 Å². The highest BCUT2D eigenvalue weighted by Gasteiger charge is 2.59. The molecule has 2 rings (SSSR count). The molecule has 6 heteroatoms. The molecule has 30 heavy (non-hydrogen) atoms. The van der Waals surface area contributed by atoms with Gasteiger partial charge in [0.2, 0.25) is 0 Å². The van der Waals surface area contributed by atoms with Crippen LogP contribution in [0, 0.1) is 22.7 Å². The molecule has 6 nitrogen and oxygen atoms in total. The third-order valence-corrected chi connectivity index (χ3v) is 7.73. The van der Waals surface area contributed by atoms with Crippen molar-refractivity contribution in [2.45, 2.75) is 72.8 Å². The Labute approximate surface area is 180 Å². The van der Waals surface area contributed by atoms with Crippen molar-refractivity contribution >= 4 is 11.9 Å². The maximum atomic E-state index is 11.9. The zero-order valence-corrected chi connectivity index (χ0v) is 19.1. The number of aliphatic hydroxyl groups is 2. The number of allylic oxidation sites excluding steroid dienone is 1. The largest absolute Gasteiger partial charge is 0.462 e. The molecule has 2 aliphatic rings. The summed E-state index contributed by atoms with van der Waals surface area (Å²) in [6.07, 6.45) is 7.75. The lowest BCUT2D eigenvalue weighted by Crippen LogP contribution is -2.58. The van der Waals surface area contributed by atoms with E-state index in [0.29, 0.717) is 12.3 Å². The summed E-state index contributed by atoms with van der Waals surface area (Å²) in [6.45, 7) is 9.61. The highest BCUT2D eigenvalue weighted by Crippen LogP contribution is 2.62. The number of hydrogen-bond acceptors (Lipinski definition) is 6. The lowest BCUT2D eigenvalue weighted by Gasteiger charge is -2.60. The predicted octanol–water partition coefficient (Wildman–Crippen LogP) is 3.56. The van der Waals surface area contributed by atoms with Crippen molar-refractivity contribution in [3.05, 3.63) is 23.3 Å².